The molecule has 1 saturated heterocycles. The van der Waals surface area contributed by atoms with Crippen LogP contribution in [0.25, 0.3) is 0 Å². The normalized spacial score (nSPS) is 18.5. The van der Waals surface area contributed by atoms with Crippen LogP contribution in [0.2, 0.25) is 0 Å². The van der Waals surface area contributed by atoms with Gasteiger partial charge in [0.2, 0.25) is 0 Å². The van der Waals surface area contributed by atoms with E-state index in [4.69, 9.17) is 0 Å². The summed E-state index contributed by atoms with van der Waals surface area (Å²) in [6.45, 7) is 7.04. The summed E-state index contributed by atoms with van der Waals surface area (Å²) in [7, 11) is 0. The lowest BCUT2D eigenvalue weighted by atomic mass is 9.99. The number of para-hydroxylation sites is 2. The van der Waals surface area contributed by atoms with Gasteiger partial charge in [-0.15, -0.1) is 0 Å². The van der Waals surface area contributed by atoms with Gasteiger partial charge in [-0.1, -0.05) is 49.1 Å². The Labute approximate surface area is 194 Å². The van der Waals surface area contributed by atoms with E-state index in [0.717, 1.165) is 37.9 Å². The largest absolute Gasteiger partial charge is 0.364 e. The zero-order valence-corrected chi connectivity index (χ0v) is 19.0. The number of hydrogen-bond acceptors (Lipinski definition) is 5. The number of benzene rings is 2. The molecule has 33 heavy (non-hydrogen) atoms. The molecule has 3 aromatic rings. The van der Waals surface area contributed by atoms with E-state index in [0.29, 0.717) is 17.9 Å². The third-order valence-corrected chi connectivity index (χ3v) is 6.82. The summed E-state index contributed by atoms with van der Waals surface area (Å²) in [5.41, 5.74) is 6.12. The highest BCUT2D eigenvalue weighted by atomic mass is 16.2. The van der Waals surface area contributed by atoms with Crippen LogP contribution >= 0.6 is 0 Å². The molecular weight excluding hydrogens is 410 g/mol. The third-order valence-electron chi connectivity index (χ3n) is 6.82. The molecule has 0 spiro atoms. The van der Waals surface area contributed by atoms with Crippen LogP contribution < -0.4 is 26.0 Å². The van der Waals surface area contributed by atoms with Crippen molar-refractivity contribution in [2.24, 2.45) is 0 Å². The second-order valence-electron chi connectivity index (χ2n) is 8.96. The van der Waals surface area contributed by atoms with Gasteiger partial charge in [-0.2, -0.15) is 0 Å². The minimum Gasteiger partial charge on any atom is -0.364 e. The van der Waals surface area contributed by atoms with Gasteiger partial charge in [0.05, 0.1) is 6.04 Å². The molecule has 0 aliphatic carbocycles. The van der Waals surface area contributed by atoms with Gasteiger partial charge in [0.1, 0.15) is 11.4 Å². The van der Waals surface area contributed by atoms with Crippen LogP contribution in [0.3, 0.4) is 0 Å². The number of rotatable bonds is 5. The van der Waals surface area contributed by atoms with E-state index in [-0.39, 0.29) is 11.5 Å². The van der Waals surface area contributed by atoms with Crippen LogP contribution in [0.1, 0.15) is 30.9 Å². The van der Waals surface area contributed by atoms with Crippen molar-refractivity contribution >= 4 is 22.7 Å². The maximum absolute atomic E-state index is 12.6. The predicted octanol–water partition coefficient (Wildman–Crippen LogP) is 4.69. The molecular formula is C28H29N3O2. The first-order valence-electron chi connectivity index (χ1n) is 11.7. The van der Waals surface area contributed by atoms with Crippen molar-refractivity contribution in [2.45, 2.75) is 38.6 Å². The first kappa shape index (κ1) is 21.3. The van der Waals surface area contributed by atoms with Crippen molar-refractivity contribution in [1.82, 2.24) is 0 Å². The van der Waals surface area contributed by atoms with Gasteiger partial charge in [0.25, 0.3) is 10.9 Å². The summed E-state index contributed by atoms with van der Waals surface area (Å²) in [6, 6.07) is 17.5. The predicted molar refractivity (Wildman–Crippen MR) is 137 cm³/mol. The Morgan fingerprint density at radius 3 is 2.27 bits per heavy atom. The van der Waals surface area contributed by atoms with Crippen molar-refractivity contribution in [2.75, 3.05) is 28.2 Å². The third kappa shape index (κ3) is 3.78. The molecule has 2 aliphatic heterocycles. The lowest BCUT2D eigenvalue weighted by Gasteiger charge is -2.42. The van der Waals surface area contributed by atoms with Crippen LogP contribution in [0.15, 0.2) is 82.5 Å². The summed E-state index contributed by atoms with van der Waals surface area (Å²) in [4.78, 5) is 29.5. The highest BCUT2D eigenvalue weighted by Crippen LogP contribution is 2.40. The minimum absolute atomic E-state index is 0.209. The van der Waals surface area contributed by atoms with Crippen LogP contribution in [-0.2, 0) is 12.8 Å². The Morgan fingerprint density at radius 2 is 1.64 bits per heavy atom. The molecule has 2 aliphatic rings. The molecule has 1 N–H and O–H groups in total. The van der Waals surface area contributed by atoms with E-state index < -0.39 is 5.43 Å². The fourth-order valence-corrected chi connectivity index (χ4v) is 5.29. The number of hydrogen-bond donors (Lipinski definition) is 1. The van der Waals surface area contributed by atoms with E-state index in [1.54, 1.807) is 12.2 Å². The fourth-order valence-electron chi connectivity index (χ4n) is 5.29. The molecule has 2 heterocycles. The SMILES string of the molecule is C=C/C=C(\C)Nc1c(N2CCCC(N3c4ccccc4CCc4ccccc43)C2)c(=O)c1=O. The number of piperidine rings is 1. The van der Waals surface area contributed by atoms with E-state index >= 15 is 0 Å². The minimum atomic E-state index is -0.436. The van der Waals surface area contributed by atoms with Gasteiger partial charge in [-0.3, -0.25) is 9.59 Å². The maximum Gasteiger partial charge on any atom is 0.253 e. The quantitative estimate of drug-likeness (QED) is 0.462. The molecule has 5 nitrogen and oxygen atoms in total. The Morgan fingerprint density at radius 1 is 1.00 bits per heavy atom. The molecule has 1 unspecified atom stereocenters. The molecule has 0 bridgehead atoms. The lowest BCUT2D eigenvalue weighted by Crippen LogP contribution is -2.51. The number of allylic oxidation sites excluding steroid dienone is 3. The van der Waals surface area contributed by atoms with Crippen LogP contribution in [0, 0.1) is 0 Å². The molecule has 3 aromatic carbocycles. The van der Waals surface area contributed by atoms with Gasteiger partial charge < -0.3 is 15.1 Å². The van der Waals surface area contributed by atoms with Crippen molar-refractivity contribution in [3.05, 3.63) is 105 Å². The molecule has 5 heteroatoms. The molecule has 0 aromatic heterocycles. The van der Waals surface area contributed by atoms with Gasteiger partial charge >= 0.3 is 0 Å². The molecule has 1 atom stereocenters. The van der Waals surface area contributed by atoms with Crippen molar-refractivity contribution in [1.29, 1.82) is 0 Å². The highest BCUT2D eigenvalue weighted by molar-refractivity contribution is 5.78. The summed E-state index contributed by atoms with van der Waals surface area (Å²) < 4.78 is 0. The van der Waals surface area contributed by atoms with Crippen LogP contribution in [-0.4, -0.2) is 19.1 Å². The summed E-state index contributed by atoms with van der Waals surface area (Å²) >= 11 is 0. The van der Waals surface area contributed by atoms with E-state index in [1.807, 2.05) is 6.92 Å². The van der Waals surface area contributed by atoms with Gasteiger partial charge in [-0.05, 0) is 61.9 Å². The van der Waals surface area contributed by atoms with Crippen LogP contribution in [0.4, 0.5) is 22.7 Å². The second-order valence-corrected chi connectivity index (χ2v) is 8.96. The zero-order chi connectivity index (χ0) is 22.9. The van der Waals surface area contributed by atoms with Crippen molar-refractivity contribution in [3.63, 3.8) is 0 Å². The Bertz CT molecular complexity index is 1250. The highest BCUT2D eigenvalue weighted by Gasteiger charge is 2.34. The van der Waals surface area contributed by atoms with E-state index in [9.17, 15) is 9.59 Å². The zero-order valence-electron chi connectivity index (χ0n) is 19.0. The smallest absolute Gasteiger partial charge is 0.253 e. The average Bonchev–Trinajstić information content (AvgIpc) is 3.01. The van der Waals surface area contributed by atoms with Gasteiger partial charge in [-0.25, -0.2) is 0 Å². The topological polar surface area (TPSA) is 52.6 Å². The molecule has 168 valence electrons. The Hall–Kier alpha value is -3.60. The maximum atomic E-state index is 12.6. The number of fused-ring (bicyclic) bond motifs is 2. The number of aryl methyl sites for hydroxylation is 2. The summed E-state index contributed by atoms with van der Waals surface area (Å²) in [5, 5.41) is 3.12. The molecule has 0 radical (unpaired) electrons. The summed E-state index contributed by atoms with van der Waals surface area (Å²) in [5.74, 6) is 0. The first-order valence-corrected chi connectivity index (χ1v) is 11.7. The number of anilines is 4. The first-order chi connectivity index (χ1) is 16.1. The fraction of sp³-hybridized carbons (Fsp3) is 0.286. The van der Waals surface area contributed by atoms with Gasteiger partial charge in [0, 0.05) is 30.2 Å². The molecule has 5 rings (SSSR count). The number of nitrogens with one attached hydrogen (secondary N) is 1. The van der Waals surface area contributed by atoms with E-state index in [1.165, 1.54) is 22.5 Å². The second kappa shape index (κ2) is 8.74. The van der Waals surface area contributed by atoms with Crippen molar-refractivity contribution < 1.29 is 0 Å². The molecule has 0 saturated carbocycles. The molecule has 0 amide bonds. The standard InChI is InChI=1S/C28H29N3O2/c1-3-9-19(2)29-25-26(28(33)27(25)32)30-17-8-12-22(18-30)31-23-13-6-4-10-20(23)15-16-21-11-5-7-14-24(21)31/h3-7,9-11,13-14,22,29H,1,8,12,15-18H2,2H3/b19-9+. The molecule has 1 fully saturated rings. The number of nitrogens with zero attached hydrogens (tertiary/aromatic N) is 2. The van der Waals surface area contributed by atoms with E-state index in [2.05, 4.69) is 70.2 Å². The van der Waals surface area contributed by atoms with Crippen molar-refractivity contribution in [3.8, 4) is 0 Å². The lowest BCUT2D eigenvalue weighted by molar-refractivity contribution is 0.497. The van der Waals surface area contributed by atoms with Crippen LogP contribution in [0.5, 0.6) is 0 Å². The van der Waals surface area contributed by atoms with Gasteiger partial charge in [0.15, 0.2) is 0 Å². The average molecular weight is 440 g/mol. The summed E-state index contributed by atoms with van der Waals surface area (Å²) in [6.07, 6.45) is 7.49. The Kier molecular flexibility index (Phi) is 5.63. The Balaban J connectivity index is 1.51. The monoisotopic (exact) mass is 439 g/mol.